The van der Waals surface area contributed by atoms with Crippen LogP contribution < -0.4 is 5.32 Å². The van der Waals surface area contributed by atoms with Crippen LogP contribution in [-0.4, -0.2) is 14.5 Å². The Kier molecular flexibility index (Phi) is 3.47. The second-order valence-electron chi connectivity index (χ2n) is 3.77. The molecule has 1 aromatic heterocycles. The van der Waals surface area contributed by atoms with Gasteiger partial charge in [0.1, 0.15) is 5.02 Å². The predicted octanol–water partition coefficient (Wildman–Crippen LogP) is 2.59. The normalized spacial score (nSPS) is 10.3. The summed E-state index contributed by atoms with van der Waals surface area (Å²) in [5.74, 6) is 0. The fraction of sp³-hybridized carbons (Fsp3) is 0.182. The highest BCUT2D eigenvalue weighted by Crippen LogP contribution is 2.27. The van der Waals surface area contributed by atoms with Gasteiger partial charge in [-0.15, -0.1) is 0 Å². The summed E-state index contributed by atoms with van der Waals surface area (Å²) in [7, 11) is 1.88. The molecule has 2 aromatic rings. The first kappa shape index (κ1) is 12.4. The lowest BCUT2D eigenvalue weighted by Gasteiger charge is -2.07. The minimum Gasteiger partial charge on any atom is -0.379 e. The van der Waals surface area contributed by atoms with Crippen molar-refractivity contribution in [1.82, 2.24) is 9.55 Å². The van der Waals surface area contributed by atoms with Crippen molar-refractivity contribution in [3.05, 3.63) is 51.6 Å². The zero-order valence-corrected chi connectivity index (χ0v) is 10.4. The number of nitrogens with one attached hydrogen (secondary N) is 1. The van der Waals surface area contributed by atoms with Crippen LogP contribution in [0, 0.1) is 10.1 Å². The molecule has 0 radical (unpaired) electrons. The molecule has 0 fully saturated rings. The summed E-state index contributed by atoms with van der Waals surface area (Å²) in [6, 6.07) is 4.62. The summed E-state index contributed by atoms with van der Waals surface area (Å²) in [6.07, 6.45) is 3.43. The van der Waals surface area contributed by atoms with Crippen molar-refractivity contribution in [3.8, 4) is 0 Å². The van der Waals surface area contributed by atoms with Crippen molar-refractivity contribution in [2.24, 2.45) is 7.05 Å². The van der Waals surface area contributed by atoms with Crippen molar-refractivity contribution in [2.45, 2.75) is 6.54 Å². The topological polar surface area (TPSA) is 73.0 Å². The van der Waals surface area contributed by atoms with Crippen LogP contribution in [0.5, 0.6) is 0 Å². The number of nitro groups is 1. The number of rotatable bonds is 4. The van der Waals surface area contributed by atoms with Gasteiger partial charge in [-0.3, -0.25) is 10.1 Å². The Bertz CT molecular complexity index is 582. The number of halogens is 1. The number of hydrogen-bond donors (Lipinski definition) is 1. The van der Waals surface area contributed by atoms with Crippen LogP contribution in [0.2, 0.25) is 5.02 Å². The zero-order valence-electron chi connectivity index (χ0n) is 9.63. The summed E-state index contributed by atoms with van der Waals surface area (Å²) in [5, 5.41) is 14.0. The van der Waals surface area contributed by atoms with Crippen LogP contribution in [0.4, 0.5) is 11.4 Å². The Hall–Kier alpha value is -2.08. The standard InChI is InChI=1S/C11H11ClN4O2/c1-15-7-13-5-9(15)6-14-8-2-3-10(12)11(4-8)16(17)18/h2-5,7,14H,6H2,1H3. The number of nitro benzene ring substituents is 1. The highest BCUT2D eigenvalue weighted by atomic mass is 35.5. The lowest BCUT2D eigenvalue weighted by molar-refractivity contribution is -0.384. The summed E-state index contributed by atoms with van der Waals surface area (Å²) in [6.45, 7) is 0.537. The Balaban J connectivity index is 2.13. The molecule has 0 saturated heterocycles. The Labute approximate surface area is 108 Å². The van der Waals surface area contributed by atoms with Crippen molar-refractivity contribution in [1.29, 1.82) is 0 Å². The van der Waals surface area contributed by atoms with E-state index in [2.05, 4.69) is 10.3 Å². The molecule has 1 N–H and O–H groups in total. The molecule has 0 spiro atoms. The number of anilines is 1. The molecule has 6 nitrogen and oxygen atoms in total. The van der Waals surface area contributed by atoms with Gasteiger partial charge in [-0.2, -0.15) is 0 Å². The van der Waals surface area contributed by atoms with Crippen LogP contribution in [0.25, 0.3) is 0 Å². The minimum absolute atomic E-state index is 0.105. The molecule has 0 bridgehead atoms. The molecule has 18 heavy (non-hydrogen) atoms. The molecule has 1 aromatic carbocycles. The van der Waals surface area contributed by atoms with Crippen LogP contribution in [0.1, 0.15) is 5.69 Å². The van der Waals surface area contributed by atoms with Gasteiger partial charge in [0, 0.05) is 25.0 Å². The monoisotopic (exact) mass is 266 g/mol. The highest BCUT2D eigenvalue weighted by Gasteiger charge is 2.12. The van der Waals surface area contributed by atoms with Crippen LogP contribution in [0.15, 0.2) is 30.7 Å². The van der Waals surface area contributed by atoms with E-state index in [0.29, 0.717) is 12.2 Å². The van der Waals surface area contributed by atoms with Crippen LogP contribution in [0.3, 0.4) is 0 Å². The third kappa shape index (κ3) is 2.60. The number of hydrogen-bond acceptors (Lipinski definition) is 4. The second kappa shape index (κ2) is 5.05. The van der Waals surface area contributed by atoms with E-state index in [1.807, 2.05) is 11.6 Å². The van der Waals surface area contributed by atoms with Crippen LogP contribution in [-0.2, 0) is 13.6 Å². The van der Waals surface area contributed by atoms with Crippen molar-refractivity contribution >= 4 is 23.0 Å². The van der Waals surface area contributed by atoms with E-state index in [-0.39, 0.29) is 10.7 Å². The summed E-state index contributed by atoms with van der Waals surface area (Å²) in [4.78, 5) is 14.2. The van der Waals surface area contributed by atoms with Gasteiger partial charge in [0.15, 0.2) is 0 Å². The van der Waals surface area contributed by atoms with E-state index < -0.39 is 4.92 Å². The molecule has 2 rings (SSSR count). The van der Waals surface area contributed by atoms with Gasteiger partial charge in [-0.25, -0.2) is 4.98 Å². The number of nitrogens with zero attached hydrogens (tertiary/aromatic N) is 3. The fourth-order valence-corrected chi connectivity index (χ4v) is 1.70. The molecule has 0 unspecified atom stereocenters. The molecule has 0 atom stereocenters. The lowest BCUT2D eigenvalue weighted by Crippen LogP contribution is -2.04. The number of aromatic nitrogens is 2. The molecular weight excluding hydrogens is 256 g/mol. The predicted molar refractivity (Wildman–Crippen MR) is 68.6 cm³/mol. The van der Waals surface area contributed by atoms with E-state index in [4.69, 9.17) is 11.6 Å². The van der Waals surface area contributed by atoms with Crippen molar-refractivity contribution in [2.75, 3.05) is 5.32 Å². The third-order valence-electron chi connectivity index (χ3n) is 2.53. The van der Waals surface area contributed by atoms with Crippen molar-refractivity contribution < 1.29 is 4.92 Å². The smallest absolute Gasteiger partial charge is 0.289 e. The van der Waals surface area contributed by atoms with Gasteiger partial charge >= 0.3 is 0 Å². The average Bonchev–Trinajstić information content (AvgIpc) is 2.73. The number of aryl methyl sites for hydroxylation is 1. The van der Waals surface area contributed by atoms with Gasteiger partial charge in [0.05, 0.1) is 23.5 Å². The molecule has 0 amide bonds. The quantitative estimate of drug-likeness (QED) is 0.682. The third-order valence-corrected chi connectivity index (χ3v) is 2.85. The van der Waals surface area contributed by atoms with E-state index in [1.54, 1.807) is 18.6 Å². The van der Waals surface area contributed by atoms with Gasteiger partial charge in [-0.1, -0.05) is 11.6 Å². The molecule has 0 saturated carbocycles. The van der Waals surface area contributed by atoms with E-state index >= 15 is 0 Å². The minimum atomic E-state index is -0.502. The highest BCUT2D eigenvalue weighted by molar-refractivity contribution is 6.32. The molecule has 7 heteroatoms. The molecule has 0 aliphatic rings. The lowest BCUT2D eigenvalue weighted by atomic mass is 10.2. The summed E-state index contributed by atoms with van der Waals surface area (Å²) >= 11 is 5.73. The molecular formula is C11H11ClN4O2. The average molecular weight is 267 g/mol. The van der Waals surface area contributed by atoms with E-state index in [0.717, 1.165) is 5.69 Å². The molecule has 94 valence electrons. The molecule has 1 heterocycles. The second-order valence-corrected chi connectivity index (χ2v) is 4.18. The maximum absolute atomic E-state index is 10.7. The fourth-order valence-electron chi connectivity index (χ4n) is 1.51. The molecule has 0 aliphatic carbocycles. The summed E-state index contributed by atoms with van der Waals surface area (Å²) < 4.78 is 1.87. The first-order chi connectivity index (χ1) is 8.58. The largest absolute Gasteiger partial charge is 0.379 e. The van der Waals surface area contributed by atoms with Gasteiger partial charge < -0.3 is 9.88 Å². The maximum Gasteiger partial charge on any atom is 0.289 e. The first-order valence-electron chi connectivity index (χ1n) is 5.21. The van der Waals surface area contributed by atoms with Gasteiger partial charge in [-0.05, 0) is 12.1 Å². The summed E-state index contributed by atoms with van der Waals surface area (Å²) in [5.41, 5.74) is 1.52. The Morgan fingerprint density at radius 1 is 1.56 bits per heavy atom. The van der Waals surface area contributed by atoms with E-state index in [1.165, 1.54) is 12.1 Å². The van der Waals surface area contributed by atoms with Crippen molar-refractivity contribution in [3.63, 3.8) is 0 Å². The van der Waals surface area contributed by atoms with Gasteiger partial charge in [0.2, 0.25) is 0 Å². The first-order valence-corrected chi connectivity index (χ1v) is 5.58. The number of imidazole rings is 1. The Morgan fingerprint density at radius 2 is 2.33 bits per heavy atom. The van der Waals surface area contributed by atoms with Gasteiger partial charge in [0.25, 0.3) is 5.69 Å². The Morgan fingerprint density at radius 3 is 2.94 bits per heavy atom. The zero-order chi connectivity index (χ0) is 13.1. The molecule has 0 aliphatic heterocycles. The SMILES string of the molecule is Cn1cncc1CNc1ccc(Cl)c([N+](=O)[O-])c1. The van der Waals surface area contributed by atoms with E-state index in [9.17, 15) is 10.1 Å². The van der Waals surface area contributed by atoms with Crippen LogP contribution >= 0.6 is 11.6 Å². The maximum atomic E-state index is 10.7. The number of benzene rings is 1.